The number of piperidine rings is 1. The number of aryl methyl sites for hydroxylation is 1. The van der Waals surface area contributed by atoms with Crippen molar-refractivity contribution >= 4 is 29.0 Å². The third-order valence-corrected chi connectivity index (χ3v) is 6.52. The summed E-state index contributed by atoms with van der Waals surface area (Å²) in [5.41, 5.74) is 0.888. The number of likely N-dealkylation sites (tertiary alicyclic amines) is 1. The highest BCUT2D eigenvalue weighted by atomic mass is 16.6. The van der Waals surface area contributed by atoms with Crippen LogP contribution in [-0.4, -0.2) is 87.4 Å². The number of para-hydroxylation sites is 2. The Morgan fingerprint density at radius 1 is 1.16 bits per heavy atom. The molecule has 1 fully saturated rings. The van der Waals surface area contributed by atoms with Crippen LogP contribution in [0.3, 0.4) is 0 Å². The quantitative estimate of drug-likeness (QED) is 0.456. The molecule has 1 aromatic heterocycles. The van der Waals surface area contributed by atoms with Crippen molar-refractivity contribution in [2.24, 2.45) is 11.8 Å². The number of amides is 2. The van der Waals surface area contributed by atoms with Crippen molar-refractivity contribution in [2.45, 2.75) is 72.1 Å². The van der Waals surface area contributed by atoms with Crippen molar-refractivity contribution < 1.29 is 29.0 Å². The number of rotatable bonds is 10. The summed E-state index contributed by atoms with van der Waals surface area (Å²) in [5, 5.41) is 9.88. The monoisotopic (exact) mass is 530 g/mol. The van der Waals surface area contributed by atoms with E-state index in [2.05, 4.69) is 0 Å². The Balaban J connectivity index is 1.97. The molecule has 38 heavy (non-hydrogen) atoms. The molecule has 2 unspecified atom stereocenters. The zero-order valence-corrected chi connectivity index (χ0v) is 23.5. The summed E-state index contributed by atoms with van der Waals surface area (Å²) < 4.78 is 12.7. The number of unbranched alkanes of at least 4 members (excludes halogenated alkanes) is 1. The van der Waals surface area contributed by atoms with Gasteiger partial charge in [-0.2, -0.15) is 0 Å². The normalized spacial score (nSPS) is 18.1. The number of carbonyl (C=O) groups excluding carboxylic acids is 2. The van der Waals surface area contributed by atoms with Crippen LogP contribution in [0.1, 0.15) is 64.5 Å². The lowest BCUT2D eigenvalue weighted by Gasteiger charge is -2.42. The van der Waals surface area contributed by atoms with Gasteiger partial charge in [-0.25, -0.2) is 9.78 Å². The number of hydrogen-bond acceptors (Lipinski definition) is 6. The SMILES string of the molecule is COCCCCn1c(C(=O)N(CC(C)C)C2CC(C(=O)O)CN(C(=O)OC(C)(C)C)C2)nc2ccccc21. The fraction of sp³-hybridized carbons (Fsp3) is 0.643. The number of methoxy groups -OCH3 is 1. The molecule has 2 aromatic rings. The number of hydrogen-bond donors (Lipinski definition) is 1. The average molecular weight is 531 g/mol. The van der Waals surface area contributed by atoms with Gasteiger partial charge < -0.3 is 28.9 Å². The van der Waals surface area contributed by atoms with Gasteiger partial charge in [-0.15, -0.1) is 0 Å². The molecule has 1 N–H and O–H groups in total. The van der Waals surface area contributed by atoms with Crippen molar-refractivity contribution in [3.63, 3.8) is 0 Å². The third kappa shape index (κ3) is 7.46. The zero-order valence-electron chi connectivity index (χ0n) is 23.5. The number of aromatic nitrogens is 2. The van der Waals surface area contributed by atoms with Gasteiger partial charge in [-0.3, -0.25) is 9.59 Å². The highest BCUT2D eigenvalue weighted by Gasteiger charge is 2.40. The summed E-state index contributed by atoms with van der Waals surface area (Å²) in [6.45, 7) is 11.2. The number of carboxylic acid groups (broad SMARTS) is 1. The summed E-state index contributed by atoms with van der Waals surface area (Å²) in [6.07, 6.45) is 1.34. The number of benzene rings is 1. The number of ether oxygens (including phenoxy) is 2. The minimum absolute atomic E-state index is 0.0441. The number of carbonyl (C=O) groups is 3. The molecule has 0 radical (unpaired) electrons. The topological polar surface area (TPSA) is 114 Å². The Morgan fingerprint density at radius 2 is 1.87 bits per heavy atom. The Hall–Kier alpha value is -3.14. The molecule has 10 nitrogen and oxygen atoms in total. The van der Waals surface area contributed by atoms with Crippen molar-refractivity contribution in [3.8, 4) is 0 Å². The van der Waals surface area contributed by atoms with Crippen LogP contribution in [0.15, 0.2) is 24.3 Å². The Labute approximate surface area is 224 Å². The van der Waals surface area contributed by atoms with Crippen LogP contribution in [0.4, 0.5) is 4.79 Å². The number of fused-ring (bicyclic) bond motifs is 1. The minimum atomic E-state index is -0.995. The summed E-state index contributed by atoms with van der Waals surface area (Å²) in [4.78, 5) is 47.0. The summed E-state index contributed by atoms with van der Waals surface area (Å²) in [6, 6.07) is 7.16. The number of carboxylic acids is 1. The van der Waals surface area contributed by atoms with Crippen molar-refractivity contribution in [3.05, 3.63) is 30.1 Å². The van der Waals surface area contributed by atoms with Crippen molar-refractivity contribution in [1.82, 2.24) is 19.4 Å². The van der Waals surface area contributed by atoms with Gasteiger partial charge in [-0.1, -0.05) is 26.0 Å². The van der Waals surface area contributed by atoms with E-state index in [-0.39, 0.29) is 31.3 Å². The second-order valence-electron chi connectivity index (χ2n) is 11.4. The molecule has 3 rings (SSSR count). The highest BCUT2D eigenvalue weighted by Crippen LogP contribution is 2.27. The maximum Gasteiger partial charge on any atom is 0.410 e. The van der Waals surface area contributed by atoms with E-state index in [0.29, 0.717) is 25.5 Å². The first-order valence-electron chi connectivity index (χ1n) is 13.4. The molecular weight excluding hydrogens is 488 g/mol. The molecular formula is C28H42N4O6. The summed E-state index contributed by atoms with van der Waals surface area (Å²) >= 11 is 0. The van der Waals surface area contributed by atoms with E-state index < -0.39 is 29.6 Å². The van der Waals surface area contributed by atoms with Crippen molar-refractivity contribution in [2.75, 3.05) is 33.4 Å². The lowest BCUT2D eigenvalue weighted by Crippen LogP contribution is -2.57. The van der Waals surface area contributed by atoms with E-state index >= 15 is 0 Å². The number of aliphatic carboxylic acids is 1. The molecule has 210 valence electrons. The molecule has 1 aliphatic rings. The summed E-state index contributed by atoms with van der Waals surface area (Å²) in [5.74, 6) is -1.62. The minimum Gasteiger partial charge on any atom is -0.481 e. The van der Waals surface area contributed by atoms with Gasteiger partial charge in [0.25, 0.3) is 5.91 Å². The smallest absolute Gasteiger partial charge is 0.410 e. The molecule has 1 saturated heterocycles. The average Bonchev–Trinajstić information content (AvgIpc) is 3.22. The van der Waals surface area contributed by atoms with Crippen LogP contribution < -0.4 is 0 Å². The van der Waals surface area contributed by atoms with Gasteiger partial charge in [0.05, 0.1) is 23.0 Å². The van der Waals surface area contributed by atoms with E-state index in [0.717, 1.165) is 23.9 Å². The van der Waals surface area contributed by atoms with E-state index in [9.17, 15) is 19.5 Å². The maximum absolute atomic E-state index is 14.2. The van der Waals surface area contributed by atoms with Crippen LogP contribution in [0.2, 0.25) is 0 Å². The number of nitrogens with zero attached hydrogens (tertiary/aromatic N) is 4. The second kappa shape index (κ2) is 12.6. The van der Waals surface area contributed by atoms with Gasteiger partial charge in [0.2, 0.25) is 0 Å². The molecule has 0 saturated carbocycles. The molecule has 1 aromatic carbocycles. The molecule has 0 bridgehead atoms. The molecule has 2 heterocycles. The molecule has 10 heteroatoms. The molecule has 0 spiro atoms. The van der Waals surface area contributed by atoms with E-state index in [1.54, 1.807) is 32.8 Å². The fourth-order valence-corrected chi connectivity index (χ4v) is 4.85. The first-order chi connectivity index (χ1) is 17.9. The predicted molar refractivity (Wildman–Crippen MR) is 144 cm³/mol. The van der Waals surface area contributed by atoms with Crippen LogP contribution in [0.5, 0.6) is 0 Å². The molecule has 2 amide bonds. The molecule has 0 aliphatic carbocycles. The zero-order chi connectivity index (χ0) is 28.0. The van der Waals surface area contributed by atoms with Gasteiger partial charge in [-0.05, 0) is 58.1 Å². The van der Waals surface area contributed by atoms with Crippen LogP contribution in [0, 0.1) is 11.8 Å². The first-order valence-corrected chi connectivity index (χ1v) is 13.4. The van der Waals surface area contributed by atoms with E-state index in [1.807, 2.05) is 42.7 Å². The second-order valence-corrected chi connectivity index (χ2v) is 11.4. The third-order valence-electron chi connectivity index (χ3n) is 6.52. The largest absolute Gasteiger partial charge is 0.481 e. The van der Waals surface area contributed by atoms with Gasteiger partial charge >= 0.3 is 12.1 Å². The predicted octanol–water partition coefficient (Wildman–Crippen LogP) is 4.27. The lowest BCUT2D eigenvalue weighted by atomic mass is 9.92. The molecule has 2 atom stereocenters. The maximum atomic E-state index is 14.2. The van der Waals surface area contributed by atoms with Crippen LogP contribution in [0.25, 0.3) is 11.0 Å². The van der Waals surface area contributed by atoms with Gasteiger partial charge in [0, 0.05) is 39.9 Å². The standard InChI is InChI=1S/C28H42N4O6/c1-19(2)16-32(21-15-20(26(34)35)17-30(18-21)27(36)38-28(3,4)5)25(33)24-29-22-11-7-8-12-23(22)31(24)13-9-10-14-37-6/h7-8,11-12,19-21H,9-10,13-18H2,1-6H3,(H,34,35). The van der Waals surface area contributed by atoms with E-state index in [4.69, 9.17) is 14.5 Å². The Bertz CT molecular complexity index is 1120. The van der Waals surface area contributed by atoms with Crippen LogP contribution in [-0.2, 0) is 20.8 Å². The fourth-order valence-electron chi connectivity index (χ4n) is 4.85. The van der Waals surface area contributed by atoms with Gasteiger partial charge in [0.1, 0.15) is 5.60 Å². The Kier molecular flexibility index (Phi) is 9.76. The van der Waals surface area contributed by atoms with Gasteiger partial charge in [0.15, 0.2) is 5.82 Å². The summed E-state index contributed by atoms with van der Waals surface area (Å²) in [7, 11) is 1.67. The van der Waals surface area contributed by atoms with E-state index in [1.165, 1.54) is 4.90 Å². The molecule has 1 aliphatic heterocycles. The number of imidazole rings is 1. The lowest BCUT2D eigenvalue weighted by molar-refractivity contribution is -0.144. The Morgan fingerprint density at radius 3 is 2.50 bits per heavy atom. The first kappa shape index (κ1) is 29.4. The van der Waals surface area contributed by atoms with Crippen LogP contribution >= 0.6 is 0 Å². The van der Waals surface area contributed by atoms with Crippen molar-refractivity contribution in [1.29, 1.82) is 0 Å². The highest BCUT2D eigenvalue weighted by molar-refractivity contribution is 5.95.